The normalized spacial score (nSPS) is 19.8. The van der Waals surface area contributed by atoms with Crippen molar-refractivity contribution in [2.45, 2.75) is 26.3 Å². The van der Waals surface area contributed by atoms with Gasteiger partial charge in [0.2, 0.25) is 11.8 Å². The molecule has 1 aromatic heterocycles. The average Bonchev–Trinajstić information content (AvgIpc) is 2.60. The van der Waals surface area contributed by atoms with Crippen LogP contribution in [-0.4, -0.2) is 27.2 Å². The van der Waals surface area contributed by atoms with Crippen molar-refractivity contribution in [2.75, 3.05) is 11.9 Å². The Hall–Kier alpha value is -1.59. The topological polar surface area (TPSA) is 85.8 Å². The molecule has 1 aromatic rings. The molecule has 6 nitrogen and oxygen atoms in total. The lowest BCUT2D eigenvalue weighted by molar-refractivity contribution is 0.0989. The van der Waals surface area contributed by atoms with Gasteiger partial charge < -0.3 is 11.1 Å². The van der Waals surface area contributed by atoms with E-state index in [1.807, 2.05) is 0 Å². The third kappa shape index (κ3) is 1.67. The van der Waals surface area contributed by atoms with Crippen LogP contribution in [0, 0.1) is 5.92 Å². The first kappa shape index (κ1) is 9.95. The number of anilines is 1. The Morgan fingerprint density at radius 3 is 3.00 bits per heavy atom. The van der Waals surface area contributed by atoms with Crippen molar-refractivity contribution in [3.8, 4) is 0 Å². The first-order valence-electron chi connectivity index (χ1n) is 5.10. The molecule has 0 spiro atoms. The van der Waals surface area contributed by atoms with Crippen molar-refractivity contribution in [1.29, 1.82) is 0 Å². The van der Waals surface area contributed by atoms with Gasteiger partial charge in [-0.25, -0.2) is 4.68 Å². The predicted molar refractivity (Wildman–Crippen MR) is 55.5 cm³/mol. The fourth-order valence-corrected chi connectivity index (χ4v) is 1.85. The van der Waals surface area contributed by atoms with E-state index < -0.39 is 5.91 Å². The van der Waals surface area contributed by atoms with Gasteiger partial charge in [-0.05, 0) is 12.3 Å². The lowest BCUT2D eigenvalue weighted by atomic mass is 10.0. The Bertz CT molecular complexity index is 384. The Balaban J connectivity index is 2.38. The summed E-state index contributed by atoms with van der Waals surface area (Å²) in [5.74, 6) is 0.619. The second-order valence-corrected chi connectivity index (χ2v) is 4.09. The maximum Gasteiger partial charge on any atom is 0.288 e. The van der Waals surface area contributed by atoms with E-state index in [0.29, 0.717) is 17.9 Å². The Morgan fingerprint density at radius 1 is 1.67 bits per heavy atom. The molecule has 1 unspecified atom stereocenters. The zero-order valence-electron chi connectivity index (χ0n) is 8.90. The van der Waals surface area contributed by atoms with E-state index >= 15 is 0 Å². The second kappa shape index (κ2) is 3.52. The molecule has 0 fully saturated rings. The minimum Gasteiger partial charge on any atom is -0.363 e. The maximum absolute atomic E-state index is 11.0. The van der Waals surface area contributed by atoms with Crippen LogP contribution in [0.4, 0.5) is 5.95 Å². The summed E-state index contributed by atoms with van der Waals surface area (Å²) in [4.78, 5) is 15.0. The maximum atomic E-state index is 11.0. The highest BCUT2D eigenvalue weighted by molar-refractivity contribution is 5.89. The molecule has 2 heterocycles. The first-order valence-corrected chi connectivity index (χ1v) is 5.10. The molecule has 0 bridgehead atoms. The Kier molecular flexibility index (Phi) is 2.34. The Morgan fingerprint density at radius 2 is 2.40 bits per heavy atom. The molecule has 1 aliphatic rings. The highest BCUT2D eigenvalue weighted by Gasteiger charge is 2.26. The number of carbonyl (C=O) groups is 1. The van der Waals surface area contributed by atoms with Crippen LogP contribution in [0.3, 0.4) is 0 Å². The van der Waals surface area contributed by atoms with Crippen LogP contribution >= 0.6 is 0 Å². The van der Waals surface area contributed by atoms with Crippen molar-refractivity contribution >= 4 is 11.9 Å². The van der Waals surface area contributed by atoms with Gasteiger partial charge >= 0.3 is 0 Å². The van der Waals surface area contributed by atoms with Gasteiger partial charge in [0.1, 0.15) is 0 Å². The van der Waals surface area contributed by atoms with Crippen molar-refractivity contribution < 1.29 is 4.79 Å². The molecule has 1 amide bonds. The van der Waals surface area contributed by atoms with Crippen molar-refractivity contribution in [3.63, 3.8) is 0 Å². The number of carbonyl (C=O) groups excluding carboxylic acids is 1. The van der Waals surface area contributed by atoms with Gasteiger partial charge in [0.25, 0.3) is 5.91 Å². The lowest BCUT2D eigenvalue weighted by Gasteiger charge is -2.27. The van der Waals surface area contributed by atoms with E-state index in [0.717, 1.165) is 13.0 Å². The molecule has 15 heavy (non-hydrogen) atoms. The van der Waals surface area contributed by atoms with Crippen LogP contribution in [0.2, 0.25) is 0 Å². The molecule has 1 atom stereocenters. The fraction of sp³-hybridized carbons (Fsp3) is 0.667. The minimum atomic E-state index is -0.582. The molecule has 0 aromatic carbocycles. The number of primary amides is 1. The van der Waals surface area contributed by atoms with Crippen molar-refractivity contribution in [2.24, 2.45) is 11.7 Å². The predicted octanol–water partition coefficient (Wildman–Crippen LogP) is 0.390. The minimum absolute atomic E-state index is 0.0880. The summed E-state index contributed by atoms with van der Waals surface area (Å²) in [6.45, 7) is 5.12. The molecule has 6 heteroatoms. The van der Waals surface area contributed by atoms with Crippen LogP contribution < -0.4 is 11.1 Å². The largest absolute Gasteiger partial charge is 0.363 e. The molecule has 0 saturated carbocycles. The number of nitrogens with one attached hydrogen (secondary N) is 1. The van der Waals surface area contributed by atoms with Gasteiger partial charge in [-0.2, -0.15) is 4.98 Å². The van der Waals surface area contributed by atoms with Gasteiger partial charge in [-0.3, -0.25) is 4.79 Å². The summed E-state index contributed by atoms with van der Waals surface area (Å²) in [6, 6.07) is 0.293. The number of amides is 1. The van der Waals surface area contributed by atoms with E-state index in [1.165, 1.54) is 0 Å². The molecular weight excluding hydrogens is 194 g/mol. The SMILES string of the molecule is CC(C)C1CCNc2nc(C(N)=O)nn21. The van der Waals surface area contributed by atoms with Crippen LogP contribution in [0.5, 0.6) is 0 Å². The van der Waals surface area contributed by atoms with Crippen LogP contribution in [0.25, 0.3) is 0 Å². The van der Waals surface area contributed by atoms with Crippen LogP contribution in [0.15, 0.2) is 0 Å². The van der Waals surface area contributed by atoms with Crippen LogP contribution in [0.1, 0.15) is 36.9 Å². The van der Waals surface area contributed by atoms with Gasteiger partial charge in [-0.15, -0.1) is 5.10 Å². The van der Waals surface area contributed by atoms with E-state index in [9.17, 15) is 4.79 Å². The van der Waals surface area contributed by atoms with Crippen molar-refractivity contribution in [1.82, 2.24) is 14.8 Å². The average molecular weight is 209 g/mol. The molecule has 82 valence electrons. The standard InChI is InChI=1S/C9H15N5O/c1-5(2)6-3-4-11-9-12-8(7(10)15)13-14(6)9/h5-6H,3-4H2,1-2H3,(H2,10,15)(H,11,12,13). The number of fused-ring (bicyclic) bond motifs is 1. The summed E-state index contributed by atoms with van der Waals surface area (Å²) in [5.41, 5.74) is 5.14. The monoisotopic (exact) mass is 209 g/mol. The summed E-state index contributed by atoms with van der Waals surface area (Å²) < 4.78 is 1.77. The number of rotatable bonds is 2. The third-order valence-electron chi connectivity index (χ3n) is 2.66. The zero-order chi connectivity index (χ0) is 11.0. The number of nitrogens with zero attached hydrogens (tertiary/aromatic N) is 3. The van der Waals surface area contributed by atoms with Gasteiger partial charge in [0.05, 0.1) is 6.04 Å². The second-order valence-electron chi connectivity index (χ2n) is 4.09. The number of hydrogen-bond donors (Lipinski definition) is 2. The molecule has 2 rings (SSSR count). The first-order chi connectivity index (χ1) is 7.09. The van der Waals surface area contributed by atoms with E-state index in [-0.39, 0.29) is 5.82 Å². The smallest absolute Gasteiger partial charge is 0.288 e. The highest BCUT2D eigenvalue weighted by Crippen LogP contribution is 2.27. The lowest BCUT2D eigenvalue weighted by Crippen LogP contribution is -2.27. The van der Waals surface area contributed by atoms with Gasteiger partial charge in [-0.1, -0.05) is 13.8 Å². The van der Waals surface area contributed by atoms with Gasteiger partial charge in [0, 0.05) is 6.54 Å². The third-order valence-corrected chi connectivity index (χ3v) is 2.66. The molecule has 1 aliphatic heterocycles. The molecule has 0 aliphatic carbocycles. The highest BCUT2D eigenvalue weighted by atomic mass is 16.1. The van der Waals surface area contributed by atoms with E-state index in [1.54, 1.807) is 4.68 Å². The van der Waals surface area contributed by atoms with E-state index in [2.05, 4.69) is 29.2 Å². The molecule has 3 N–H and O–H groups in total. The number of aromatic nitrogens is 3. The van der Waals surface area contributed by atoms with Gasteiger partial charge in [0.15, 0.2) is 0 Å². The van der Waals surface area contributed by atoms with Crippen LogP contribution in [-0.2, 0) is 0 Å². The summed E-state index contributed by atoms with van der Waals surface area (Å²) >= 11 is 0. The summed E-state index contributed by atoms with van der Waals surface area (Å²) in [6.07, 6.45) is 0.992. The molecule has 0 saturated heterocycles. The zero-order valence-corrected chi connectivity index (χ0v) is 8.90. The summed E-state index contributed by atoms with van der Waals surface area (Å²) in [5, 5.41) is 7.23. The van der Waals surface area contributed by atoms with E-state index in [4.69, 9.17) is 5.73 Å². The number of hydrogen-bond acceptors (Lipinski definition) is 4. The Labute approximate surface area is 87.9 Å². The summed E-state index contributed by atoms with van der Waals surface area (Å²) in [7, 11) is 0. The number of nitrogens with two attached hydrogens (primary N) is 1. The molecular formula is C9H15N5O. The fourth-order valence-electron chi connectivity index (χ4n) is 1.85. The van der Waals surface area contributed by atoms with Crippen molar-refractivity contribution in [3.05, 3.63) is 5.82 Å². The molecule has 0 radical (unpaired) electrons. The quantitative estimate of drug-likeness (QED) is 0.737.